The zero-order chi connectivity index (χ0) is 11.5. The Balaban J connectivity index is 2.59. The fourth-order valence-electron chi connectivity index (χ4n) is 1.50. The van der Waals surface area contributed by atoms with E-state index < -0.39 is 4.92 Å². The van der Waals surface area contributed by atoms with Crippen molar-refractivity contribution in [3.8, 4) is 11.1 Å². The molecule has 0 aromatic heterocycles. The molecule has 4 heteroatoms. The fraction of sp³-hybridized carbons (Fsp3) is 0. The summed E-state index contributed by atoms with van der Waals surface area (Å²) in [6.45, 7) is 0. The largest absolute Gasteiger partial charge is 0.284 e. The molecule has 0 aliphatic rings. The first-order chi connectivity index (χ1) is 7.70. The van der Waals surface area contributed by atoms with Crippen LogP contribution in [0.25, 0.3) is 11.1 Å². The van der Waals surface area contributed by atoms with Crippen LogP contribution in [-0.4, -0.2) is 4.92 Å². The van der Waals surface area contributed by atoms with Crippen molar-refractivity contribution >= 4 is 21.6 Å². The van der Waals surface area contributed by atoms with E-state index in [1.165, 1.54) is 6.07 Å². The van der Waals surface area contributed by atoms with Gasteiger partial charge in [-0.3, -0.25) is 10.1 Å². The fourth-order valence-corrected chi connectivity index (χ4v) is 2.14. The number of nitro groups is 1. The Morgan fingerprint density at radius 3 is 2.31 bits per heavy atom. The van der Waals surface area contributed by atoms with Gasteiger partial charge in [-0.15, -0.1) is 0 Å². The Hall–Kier alpha value is -1.68. The van der Waals surface area contributed by atoms with E-state index in [0.717, 1.165) is 11.1 Å². The number of benzene rings is 2. The number of hydrogen-bond donors (Lipinski definition) is 0. The number of nitro benzene ring substituents is 1. The number of nitrogens with zero attached hydrogens (tertiary/aromatic N) is 1. The maximum Gasteiger partial charge on any atom is 0.284 e. The van der Waals surface area contributed by atoms with Gasteiger partial charge in [0.2, 0.25) is 0 Å². The molecule has 0 N–H and O–H groups in total. The van der Waals surface area contributed by atoms with Crippen LogP contribution in [0.4, 0.5) is 5.69 Å². The molecule has 0 amide bonds. The van der Waals surface area contributed by atoms with Gasteiger partial charge in [-0.05, 0) is 21.5 Å². The average Bonchev–Trinajstić information content (AvgIpc) is 2.30. The summed E-state index contributed by atoms with van der Waals surface area (Å²) < 4.78 is 0.520. The molecule has 0 atom stereocenters. The smallest absolute Gasteiger partial charge is 0.258 e. The molecule has 0 aliphatic carbocycles. The second kappa shape index (κ2) is 4.45. The molecular weight excluding hydrogens is 270 g/mol. The molecule has 3 nitrogen and oxygen atoms in total. The third-order valence-corrected chi connectivity index (χ3v) is 3.09. The Labute approximate surface area is 101 Å². The molecule has 0 fully saturated rings. The lowest BCUT2D eigenvalue weighted by Crippen LogP contribution is -1.90. The van der Waals surface area contributed by atoms with Crippen LogP contribution in [0.5, 0.6) is 0 Å². The number of hydrogen-bond acceptors (Lipinski definition) is 2. The molecular formula is C12H8BrNO2. The summed E-state index contributed by atoms with van der Waals surface area (Å²) in [7, 11) is 0. The lowest BCUT2D eigenvalue weighted by atomic mass is 10.1. The van der Waals surface area contributed by atoms with Crippen molar-refractivity contribution in [2.45, 2.75) is 0 Å². The highest BCUT2D eigenvalue weighted by Gasteiger charge is 2.15. The van der Waals surface area contributed by atoms with E-state index in [0.29, 0.717) is 4.47 Å². The van der Waals surface area contributed by atoms with E-state index in [2.05, 4.69) is 15.9 Å². The van der Waals surface area contributed by atoms with Crippen LogP contribution < -0.4 is 0 Å². The van der Waals surface area contributed by atoms with Crippen molar-refractivity contribution in [2.24, 2.45) is 0 Å². The van der Waals surface area contributed by atoms with Crippen molar-refractivity contribution in [1.82, 2.24) is 0 Å². The minimum absolute atomic E-state index is 0.0846. The Morgan fingerprint density at radius 2 is 1.69 bits per heavy atom. The minimum atomic E-state index is -0.392. The maximum absolute atomic E-state index is 10.8. The molecule has 0 unspecified atom stereocenters. The van der Waals surface area contributed by atoms with E-state index in [-0.39, 0.29) is 5.69 Å². The first-order valence-electron chi connectivity index (χ1n) is 4.68. The molecule has 80 valence electrons. The van der Waals surface area contributed by atoms with Crippen LogP contribution in [0.15, 0.2) is 53.0 Å². The second-order valence-electron chi connectivity index (χ2n) is 3.26. The van der Waals surface area contributed by atoms with E-state index in [1.807, 2.05) is 36.4 Å². The molecule has 2 rings (SSSR count). The molecule has 2 aromatic carbocycles. The number of halogens is 1. The standard InChI is InChI=1S/C12H8BrNO2/c13-12-10(9-5-2-1-3-6-9)7-4-8-11(12)14(15)16/h1-8H. The Morgan fingerprint density at radius 1 is 1.00 bits per heavy atom. The van der Waals surface area contributed by atoms with Crippen LogP contribution in [0.1, 0.15) is 0 Å². The summed E-state index contributed by atoms with van der Waals surface area (Å²) in [5.74, 6) is 0. The topological polar surface area (TPSA) is 43.1 Å². The van der Waals surface area contributed by atoms with E-state index >= 15 is 0 Å². The van der Waals surface area contributed by atoms with Gasteiger partial charge in [0.05, 0.1) is 4.92 Å². The first-order valence-corrected chi connectivity index (χ1v) is 5.48. The molecule has 2 aromatic rings. The molecule has 0 aliphatic heterocycles. The van der Waals surface area contributed by atoms with Gasteiger partial charge in [0.15, 0.2) is 0 Å². The van der Waals surface area contributed by atoms with Gasteiger partial charge in [-0.1, -0.05) is 42.5 Å². The van der Waals surface area contributed by atoms with E-state index in [4.69, 9.17) is 0 Å². The molecule has 0 saturated carbocycles. The molecule has 0 spiro atoms. The van der Waals surface area contributed by atoms with Crippen molar-refractivity contribution in [3.63, 3.8) is 0 Å². The summed E-state index contributed by atoms with van der Waals surface area (Å²) in [5, 5.41) is 10.8. The van der Waals surface area contributed by atoms with E-state index in [9.17, 15) is 10.1 Å². The van der Waals surface area contributed by atoms with Crippen LogP contribution in [0, 0.1) is 10.1 Å². The van der Waals surface area contributed by atoms with Crippen molar-refractivity contribution < 1.29 is 4.92 Å². The Kier molecular flexibility index (Phi) is 3.01. The van der Waals surface area contributed by atoms with Crippen molar-refractivity contribution in [2.75, 3.05) is 0 Å². The van der Waals surface area contributed by atoms with Crippen LogP contribution in [0.2, 0.25) is 0 Å². The highest BCUT2D eigenvalue weighted by molar-refractivity contribution is 9.10. The van der Waals surface area contributed by atoms with Gasteiger partial charge < -0.3 is 0 Å². The summed E-state index contributed by atoms with van der Waals surface area (Å²) in [4.78, 5) is 10.4. The molecule has 0 heterocycles. The van der Waals surface area contributed by atoms with Crippen LogP contribution in [-0.2, 0) is 0 Å². The second-order valence-corrected chi connectivity index (χ2v) is 4.05. The molecule has 0 saturated heterocycles. The highest BCUT2D eigenvalue weighted by Crippen LogP contribution is 2.34. The summed E-state index contributed by atoms with van der Waals surface area (Å²) in [5.41, 5.74) is 1.87. The van der Waals surface area contributed by atoms with Crippen LogP contribution >= 0.6 is 15.9 Å². The third kappa shape index (κ3) is 1.97. The normalized spacial score (nSPS) is 10.1. The van der Waals surface area contributed by atoms with Gasteiger partial charge in [0, 0.05) is 11.6 Å². The van der Waals surface area contributed by atoms with Crippen molar-refractivity contribution in [3.05, 3.63) is 63.1 Å². The first kappa shape index (κ1) is 10.8. The lowest BCUT2D eigenvalue weighted by Gasteiger charge is -2.04. The van der Waals surface area contributed by atoms with Gasteiger partial charge in [0.25, 0.3) is 5.69 Å². The van der Waals surface area contributed by atoms with Gasteiger partial charge in [-0.25, -0.2) is 0 Å². The van der Waals surface area contributed by atoms with Crippen LogP contribution in [0.3, 0.4) is 0 Å². The highest BCUT2D eigenvalue weighted by atomic mass is 79.9. The molecule has 0 radical (unpaired) electrons. The third-order valence-electron chi connectivity index (χ3n) is 2.26. The number of rotatable bonds is 2. The monoisotopic (exact) mass is 277 g/mol. The summed E-state index contributed by atoms with van der Waals surface area (Å²) in [6, 6.07) is 14.6. The van der Waals surface area contributed by atoms with E-state index in [1.54, 1.807) is 6.07 Å². The minimum Gasteiger partial charge on any atom is -0.258 e. The van der Waals surface area contributed by atoms with Gasteiger partial charge in [-0.2, -0.15) is 0 Å². The SMILES string of the molecule is O=[N+]([O-])c1cccc(-c2ccccc2)c1Br. The quantitative estimate of drug-likeness (QED) is 0.615. The predicted octanol–water partition coefficient (Wildman–Crippen LogP) is 4.02. The zero-order valence-electron chi connectivity index (χ0n) is 8.26. The average molecular weight is 278 g/mol. The van der Waals surface area contributed by atoms with Gasteiger partial charge >= 0.3 is 0 Å². The lowest BCUT2D eigenvalue weighted by molar-refractivity contribution is -0.385. The van der Waals surface area contributed by atoms with Gasteiger partial charge in [0.1, 0.15) is 4.47 Å². The van der Waals surface area contributed by atoms with Crippen molar-refractivity contribution in [1.29, 1.82) is 0 Å². The summed E-state index contributed by atoms with van der Waals surface area (Å²) in [6.07, 6.45) is 0. The maximum atomic E-state index is 10.8. The summed E-state index contributed by atoms with van der Waals surface area (Å²) >= 11 is 3.28. The molecule has 16 heavy (non-hydrogen) atoms. The predicted molar refractivity (Wildman–Crippen MR) is 66.2 cm³/mol. The zero-order valence-corrected chi connectivity index (χ0v) is 9.85. The molecule has 0 bridgehead atoms. The Bertz CT molecular complexity index is 526.